The summed E-state index contributed by atoms with van der Waals surface area (Å²) in [6, 6.07) is 12.1. The summed E-state index contributed by atoms with van der Waals surface area (Å²) in [5, 5.41) is 10.3. The maximum atomic E-state index is 12.8. The van der Waals surface area contributed by atoms with E-state index in [0.717, 1.165) is 35.2 Å². The summed E-state index contributed by atoms with van der Waals surface area (Å²) < 4.78 is 43.5. The summed E-state index contributed by atoms with van der Waals surface area (Å²) in [4.78, 5) is 12.1. The minimum Gasteiger partial charge on any atom is -0.497 e. The van der Waals surface area contributed by atoms with E-state index >= 15 is 0 Å². The fourth-order valence-electron chi connectivity index (χ4n) is 2.51. The Morgan fingerprint density at radius 3 is 2.64 bits per heavy atom. The third-order valence-corrected chi connectivity index (χ3v) is 5.00. The number of ether oxygens (including phenoxy) is 1. The predicted octanol–water partition coefficient (Wildman–Crippen LogP) is 3.88. The van der Waals surface area contributed by atoms with Crippen LogP contribution in [-0.2, 0) is 17.4 Å². The highest BCUT2D eigenvalue weighted by molar-refractivity contribution is 8.15. The standard InChI is InChI=1S/C19H16F3N3O2S/c1-27-15-7-5-12(6-8-15)11-23-25-18-24-17(26)16(28-18)10-13-3-2-4-14(9-13)19(20,21)22/h2-9,11,16H,10H2,1H3,(H,24,25,26). The van der Waals surface area contributed by atoms with Crippen molar-refractivity contribution in [3.05, 3.63) is 65.2 Å². The number of hydrogen-bond acceptors (Lipinski definition) is 5. The first-order valence-electron chi connectivity index (χ1n) is 8.24. The van der Waals surface area contributed by atoms with Crippen molar-refractivity contribution in [3.8, 4) is 5.75 Å². The molecule has 1 N–H and O–H groups in total. The Bertz CT molecular complexity index is 911. The first-order chi connectivity index (χ1) is 13.3. The molecule has 0 bridgehead atoms. The van der Waals surface area contributed by atoms with Crippen LogP contribution < -0.4 is 10.1 Å². The number of nitrogens with zero attached hydrogens (tertiary/aromatic N) is 2. The number of carbonyl (C=O) groups excluding carboxylic acids is 1. The number of nitrogens with one attached hydrogen (secondary N) is 1. The molecule has 3 rings (SSSR count). The molecule has 1 fully saturated rings. The molecule has 5 nitrogen and oxygen atoms in total. The molecule has 1 heterocycles. The molecule has 9 heteroatoms. The number of rotatable bonds is 5. The maximum Gasteiger partial charge on any atom is 0.416 e. The summed E-state index contributed by atoms with van der Waals surface area (Å²) in [5.74, 6) is 0.417. The number of thioether (sulfide) groups is 1. The molecule has 1 amide bonds. The Labute approximate surface area is 163 Å². The van der Waals surface area contributed by atoms with Crippen LogP contribution in [0.1, 0.15) is 16.7 Å². The fraction of sp³-hybridized carbons (Fsp3) is 0.211. The zero-order valence-corrected chi connectivity index (χ0v) is 15.6. The summed E-state index contributed by atoms with van der Waals surface area (Å²) in [6.45, 7) is 0. The van der Waals surface area contributed by atoms with Crippen molar-refractivity contribution in [2.45, 2.75) is 17.8 Å². The SMILES string of the molecule is COc1ccc(C=NN=C2NC(=O)C(Cc3cccc(C(F)(F)F)c3)S2)cc1. The Morgan fingerprint density at radius 2 is 1.96 bits per heavy atom. The van der Waals surface area contributed by atoms with Crippen LogP contribution in [0, 0.1) is 0 Å². The van der Waals surface area contributed by atoms with E-state index in [0.29, 0.717) is 10.7 Å². The van der Waals surface area contributed by atoms with Crippen molar-refractivity contribution in [3.63, 3.8) is 0 Å². The van der Waals surface area contributed by atoms with Crippen LogP contribution in [-0.4, -0.2) is 29.6 Å². The molecule has 1 unspecified atom stereocenters. The lowest BCUT2D eigenvalue weighted by Gasteiger charge is -2.10. The van der Waals surface area contributed by atoms with Crippen molar-refractivity contribution in [1.29, 1.82) is 0 Å². The number of amides is 1. The van der Waals surface area contributed by atoms with Crippen LogP contribution in [0.25, 0.3) is 0 Å². The second-order valence-corrected chi connectivity index (χ2v) is 7.11. The van der Waals surface area contributed by atoms with Crippen LogP contribution >= 0.6 is 11.8 Å². The van der Waals surface area contributed by atoms with E-state index in [-0.39, 0.29) is 12.3 Å². The summed E-state index contributed by atoms with van der Waals surface area (Å²) >= 11 is 1.14. The van der Waals surface area contributed by atoms with Gasteiger partial charge in [0.15, 0.2) is 5.17 Å². The number of halogens is 3. The van der Waals surface area contributed by atoms with Crippen LogP contribution in [0.3, 0.4) is 0 Å². The van der Waals surface area contributed by atoms with Gasteiger partial charge in [0.25, 0.3) is 0 Å². The van der Waals surface area contributed by atoms with E-state index < -0.39 is 17.0 Å². The molecular weight excluding hydrogens is 391 g/mol. The molecule has 0 saturated carbocycles. The van der Waals surface area contributed by atoms with Gasteiger partial charge in [0.05, 0.1) is 24.1 Å². The fourth-order valence-corrected chi connectivity index (χ4v) is 3.48. The van der Waals surface area contributed by atoms with Gasteiger partial charge in [-0.15, -0.1) is 5.10 Å². The highest BCUT2D eigenvalue weighted by atomic mass is 32.2. The summed E-state index contributed by atoms with van der Waals surface area (Å²) in [6.07, 6.45) is -2.72. The van der Waals surface area contributed by atoms with Crippen LogP contribution in [0.2, 0.25) is 0 Å². The zero-order chi connectivity index (χ0) is 20.1. The van der Waals surface area contributed by atoms with Gasteiger partial charge in [-0.2, -0.15) is 18.3 Å². The maximum absolute atomic E-state index is 12.8. The quantitative estimate of drug-likeness (QED) is 0.604. The third kappa shape index (κ3) is 5.13. The van der Waals surface area contributed by atoms with Gasteiger partial charge in [0.2, 0.25) is 5.91 Å². The second kappa shape index (κ2) is 8.47. The molecule has 2 aromatic carbocycles. The van der Waals surface area contributed by atoms with Gasteiger partial charge in [-0.1, -0.05) is 30.0 Å². The van der Waals surface area contributed by atoms with Crippen molar-refractivity contribution < 1.29 is 22.7 Å². The summed E-state index contributed by atoms with van der Waals surface area (Å²) in [7, 11) is 1.57. The molecule has 28 heavy (non-hydrogen) atoms. The van der Waals surface area contributed by atoms with Crippen molar-refractivity contribution in [2.75, 3.05) is 7.11 Å². The average Bonchev–Trinajstić information content (AvgIpc) is 3.01. The minimum atomic E-state index is -4.41. The number of alkyl halides is 3. The molecule has 1 aliphatic heterocycles. The predicted molar refractivity (Wildman–Crippen MR) is 103 cm³/mol. The highest BCUT2D eigenvalue weighted by Crippen LogP contribution is 2.31. The monoisotopic (exact) mass is 407 g/mol. The van der Waals surface area contributed by atoms with Crippen molar-refractivity contribution in [2.24, 2.45) is 10.2 Å². The molecule has 0 spiro atoms. The van der Waals surface area contributed by atoms with E-state index in [9.17, 15) is 18.0 Å². The second-order valence-electron chi connectivity index (χ2n) is 5.92. The summed E-state index contributed by atoms with van der Waals surface area (Å²) in [5.41, 5.74) is 0.511. The number of carbonyl (C=O) groups is 1. The Balaban J connectivity index is 1.63. The van der Waals surface area contributed by atoms with E-state index in [1.54, 1.807) is 37.4 Å². The molecule has 2 aromatic rings. The Morgan fingerprint density at radius 1 is 1.21 bits per heavy atom. The first kappa shape index (κ1) is 19.9. The smallest absolute Gasteiger partial charge is 0.416 e. The van der Waals surface area contributed by atoms with E-state index in [1.807, 2.05) is 0 Å². The first-order valence-corrected chi connectivity index (χ1v) is 9.12. The van der Waals surface area contributed by atoms with Gasteiger partial charge in [0, 0.05) is 0 Å². The van der Waals surface area contributed by atoms with Gasteiger partial charge < -0.3 is 10.1 Å². The van der Waals surface area contributed by atoms with Gasteiger partial charge in [-0.3, -0.25) is 4.79 Å². The number of amidine groups is 1. The average molecular weight is 407 g/mol. The molecule has 0 aliphatic carbocycles. The topological polar surface area (TPSA) is 63.1 Å². The highest BCUT2D eigenvalue weighted by Gasteiger charge is 2.33. The van der Waals surface area contributed by atoms with Crippen molar-refractivity contribution in [1.82, 2.24) is 5.32 Å². The largest absolute Gasteiger partial charge is 0.497 e. The molecule has 0 aromatic heterocycles. The van der Waals surface area contributed by atoms with Gasteiger partial charge in [-0.25, -0.2) is 0 Å². The van der Waals surface area contributed by atoms with E-state index in [4.69, 9.17) is 4.74 Å². The van der Waals surface area contributed by atoms with Gasteiger partial charge in [0.1, 0.15) is 5.75 Å². The number of hydrogen-bond donors (Lipinski definition) is 1. The normalized spacial score (nSPS) is 18.6. The molecule has 146 valence electrons. The number of methoxy groups -OCH3 is 1. The van der Waals surface area contributed by atoms with Gasteiger partial charge >= 0.3 is 6.18 Å². The van der Waals surface area contributed by atoms with Crippen LogP contribution in [0.5, 0.6) is 5.75 Å². The van der Waals surface area contributed by atoms with Crippen molar-refractivity contribution >= 4 is 29.1 Å². The molecule has 1 atom stereocenters. The lowest BCUT2D eigenvalue weighted by molar-refractivity contribution is -0.137. The number of benzene rings is 2. The Hall–Kier alpha value is -2.81. The molecule has 1 aliphatic rings. The van der Waals surface area contributed by atoms with Crippen LogP contribution in [0.15, 0.2) is 58.7 Å². The molecular formula is C19H16F3N3O2S. The lowest BCUT2D eigenvalue weighted by Crippen LogP contribution is -2.26. The third-order valence-electron chi connectivity index (χ3n) is 3.92. The molecule has 0 radical (unpaired) electrons. The lowest BCUT2D eigenvalue weighted by atomic mass is 10.1. The van der Waals surface area contributed by atoms with Gasteiger partial charge in [-0.05, 0) is 47.9 Å². The van der Waals surface area contributed by atoms with Crippen LogP contribution in [0.4, 0.5) is 13.2 Å². The van der Waals surface area contributed by atoms with E-state index in [1.165, 1.54) is 12.3 Å². The zero-order valence-electron chi connectivity index (χ0n) is 14.7. The molecule has 1 saturated heterocycles. The minimum absolute atomic E-state index is 0.168. The van der Waals surface area contributed by atoms with E-state index in [2.05, 4.69) is 15.5 Å². The Kier molecular flexibility index (Phi) is 6.03.